The Morgan fingerprint density at radius 2 is 1.80 bits per heavy atom. The predicted molar refractivity (Wildman–Crippen MR) is 147 cm³/mol. The second-order valence-electron chi connectivity index (χ2n) is 7.07. The Balaban J connectivity index is 1.89. The first-order valence-electron chi connectivity index (χ1n) is 10.3. The molecule has 0 radical (unpaired) electrons. The Bertz CT molecular complexity index is 1250. The zero-order chi connectivity index (χ0) is 25.7. The molecule has 1 aliphatic heterocycles. The van der Waals surface area contributed by atoms with Crippen LogP contribution in [0.3, 0.4) is 0 Å². The van der Waals surface area contributed by atoms with Crippen molar-refractivity contribution in [2.45, 2.75) is 26.9 Å². The molecule has 1 N–H and O–H groups in total. The summed E-state index contributed by atoms with van der Waals surface area (Å²) >= 11 is 20.1. The van der Waals surface area contributed by atoms with E-state index in [0.717, 1.165) is 17.3 Å². The van der Waals surface area contributed by atoms with Gasteiger partial charge >= 0.3 is 5.97 Å². The smallest absolute Gasteiger partial charge is 0.344 e. The van der Waals surface area contributed by atoms with Gasteiger partial charge in [-0.3, -0.25) is 4.79 Å². The second-order valence-corrected chi connectivity index (χ2v) is 10.6. The molecule has 11 heteroatoms. The minimum absolute atomic E-state index is 0.110. The first kappa shape index (κ1) is 27.8. The first-order chi connectivity index (χ1) is 16.6. The Labute approximate surface area is 233 Å². The van der Waals surface area contributed by atoms with E-state index in [1.807, 2.05) is 6.07 Å². The van der Waals surface area contributed by atoms with Crippen molar-refractivity contribution in [1.82, 2.24) is 0 Å². The van der Waals surface area contributed by atoms with Gasteiger partial charge in [0.1, 0.15) is 28.7 Å². The summed E-state index contributed by atoms with van der Waals surface area (Å²) in [6.45, 7) is 3.71. The summed E-state index contributed by atoms with van der Waals surface area (Å²) in [6, 6.07) is 8.86. The van der Waals surface area contributed by atoms with E-state index in [0.29, 0.717) is 35.2 Å². The van der Waals surface area contributed by atoms with Crippen LogP contribution in [0.2, 0.25) is 10.0 Å². The molecule has 35 heavy (non-hydrogen) atoms. The number of aliphatic hydroxyl groups excluding tert-OH is 1. The van der Waals surface area contributed by atoms with Gasteiger partial charge in [0.05, 0.1) is 30.5 Å². The molecule has 0 aromatic heterocycles. The average Bonchev–Trinajstić information content (AvgIpc) is 3.09. The van der Waals surface area contributed by atoms with Gasteiger partial charge in [-0.25, -0.2) is 9.79 Å². The molecule has 0 spiro atoms. The summed E-state index contributed by atoms with van der Waals surface area (Å²) in [5.41, 5.74) is 1.43. The number of benzene rings is 2. The molecule has 0 saturated carbocycles. The molecule has 0 unspecified atom stereocenters. The summed E-state index contributed by atoms with van der Waals surface area (Å²) in [7, 11) is 0. The van der Waals surface area contributed by atoms with E-state index < -0.39 is 11.9 Å². The van der Waals surface area contributed by atoms with Crippen LogP contribution in [0.5, 0.6) is 5.75 Å². The van der Waals surface area contributed by atoms with Crippen LogP contribution in [-0.4, -0.2) is 28.6 Å². The van der Waals surface area contributed by atoms with Crippen molar-refractivity contribution < 1.29 is 24.2 Å². The third-order valence-electron chi connectivity index (χ3n) is 4.58. The lowest BCUT2D eigenvalue weighted by molar-refractivity contribution is -0.138. The highest BCUT2D eigenvalue weighted by atomic mass is 79.9. The van der Waals surface area contributed by atoms with Crippen LogP contribution in [0, 0.1) is 0 Å². The van der Waals surface area contributed by atoms with Crippen molar-refractivity contribution in [3.63, 3.8) is 0 Å². The molecule has 1 heterocycles. The van der Waals surface area contributed by atoms with E-state index in [1.165, 1.54) is 0 Å². The number of carbonyl (C=O) groups excluding carboxylic acids is 2. The van der Waals surface area contributed by atoms with Crippen LogP contribution in [0.4, 0.5) is 0 Å². The second kappa shape index (κ2) is 12.5. The van der Waals surface area contributed by atoms with Crippen molar-refractivity contribution in [3.8, 4) is 5.75 Å². The lowest BCUT2D eigenvalue weighted by atomic mass is 10.1. The fraction of sp³-hybridized carbons (Fsp3) is 0.208. The molecule has 2 aromatic rings. The molecule has 1 aliphatic rings. The molecular formula is C24H19Br2Cl2NO5S. The van der Waals surface area contributed by atoms with Gasteiger partial charge in [-0.2, -0.15) is 0 Å². The first-order valence-corrected chi connectivity index (χ1v) is 13.5. The molecule has 6 nitrogen and oxygen atoms in total. The van der Waals surface area contributed by atoms with E-state index in [2.05, 4.69) is 36.9 Å². The minimum atomic E-state index is -0.739. The van der Waals surface area contributed by atoms with Crippen molar-refractivity contribution in [2.75, 3.05) is 6.61 Å². The number of carbonyl (C=O) groups is 2. The molecular weight excluding hydrogens is 645 g/mol. The molecule has 0 bridgehead atoms. The van der Waals surface area contributed by atoms with Gasteiger partial charge in [0.25, 0.3) is 0 Å². The number of esters is 1. The van der Waals surface area contributed by atoms with Crippen LogP contribution in [0.25, 0.3) is 6.08 Å². The van der Waals surface area contributed by atoms with Crippen LogP contribution >= 0.6 is 66.8 Å². The number of rotatable bonds is 7. The average molecular weight is 664 g/mol. The topological polar surface area (TPSA) is 85.2 Å². The van der Waals surface area contributed by atoms with Crippen LogP contribution in [0.15, 0.2) is 60.5 Å². The third kappa shape index (κ3) is 6.92. The Hall–Kier alpha value is -1.78. The zero-order valence-corrected chi connectivity index (χ0v) is 24.0. The molecule has 0 fully saturated rings. The normalized spacial score (nSPS) is 15.7. The van der Waals surface area contributed by atoms with Crippen molar-refractivity contribution in [2.24, 2.45) is 4.99 Å². The number of hydrogen-bond acceptors (Lipinski definition) is 6. The van der Waals surface area contributed by atoms with Gasteiger partial charge in [0.15, 0.2) is 0 Å². The standard InChI is InChI=1S/C24H19Br2Cl2NO5S/c1-3-19(30)29-23-20(24(32)33-4-2)21(31)18(35-23)10-13-7-14(25)22(15(26)8-13)34-11-12-5-6-16(27)17(28)9-12/h5-10,31H,3-4,11H2,1-2H3/b18-10-,29-23?. The number of amides is 1. The number of nitrogens with zero attached hydrogens (tertiary/aromatic N) is 1. The SMILES string of the molecule is CCOC(=O)C1=C(O)/C(=C/c2cc(Br)c(OCc3ccc(Cl)c(Cl)c3)c(Br)c2)SC1=NC(=O)CC. The zero-order valence-electron chi connectivity index (χ0n) is 18.5. The van der Waals surface area contributed by atoms with E-state index >= 15 is 0 Å². The van der Waals surface area contributed by atoms with Crippen molar-refractivity contribution in [1.29, 1.82) is 0 Å². The summed E-state index contributed by atoms with van der Waals surface area (Å²) < 4.78 is 12.3. The maximum Gasteiger partial charge on any atom is 0.344 e. The monoisotopic (exact) mass is 661 g/mol. The maximum absolute atomic E-state index is 12.4. The van der Waals surface area contributed by atoms with Crippen LogP contribution < -0.4 is 4.74 Å². The molecule has 1 amide bonds. The number of halogens is 4. The fourth-order valence-electron chi connectivity index (χ4n) is 2.92. The van der Waals surface area contributed by atoms with E-state index in [1.54, 1.807) is 44.2 Å². The lowest BCUT2D eigenvalue weighted by Gasteiger charge is -2.12. The number of aliphatic imine (C=N–C) groups is 1. The molecule has 3 rings (SSSR count). The molecule has 0 atom stereocenters. The van der Waals surface area contributed by atoms with Gasteiger partial charge in [-0.1, -0.05) is 48.0 Å². The number of aliphatic hydroxyl groups is 1. The van der Waals surface area contributed by atoms with E-state index in [9.17, 15) is 14.7 Å². The molecule has 184 valence electrons. The maximum atomic E-state index is 12.4. The fourth-order valence-corrected chi connectivity index (χ4v) is 5.72. The van der Waals surface area contributed by atoms with E-state index in [4.69, 9.17) is 32.7 Å². The van der Waals surface area contributed by atoms with Crippen LogP contribution in [0.1, 0.15) is 31.4 Å². The van der Waals surface area contributed by atoms with E-state index in [-0.39, 0.29) is 36.0 Å². The number of thioether (sulfide) groups is 1. The molecule has 0 saturated heterocycles. The Kier molecular flexibility index (Phi) is 9.89. The Morgan fingerprint density at radius 3 is 2.40 bits per heavy atom. The van der Waals surface area contributed by atoms with Gasteiger partial charge in [0, 0.05) is 6.42 Å². The number of hydrogen-bond donors (Lipinski definition) is 1. The highest BCUT2D eigenvalue weighted by Gasteiger charge is 2.33. The van der Waals surface area contributed by atoms with Gasteiger partial charge in [-0.15, -0.1) is 0 Å². The summed E-state index contributed by atoms with van der Waals surface area (Å²) in [4.78, 5) is 28.6. The molecule has 2 aromatic carbocycles. The summed E-state index contributed by atoms with van der Waals surface area (Å²) in [5.74, 6) is -0.863. The van der Waals surface area contributed by atoms with Crippen LogP contribution in [-0.2, 0) is 20.9 Å². The Morgan fingerprint density at radius 1 is 1.11 bits per heavy atom. The van der Waals surface area contributed by atoms with Crippen molar-refractivity contribution >= 4 is 89.8 Å². The minimum Gasteiger partial charge on any atom is -0.506 e. The molecule has 0 aliphatic carbocycles. The van der Waals surface area contributed by atoms with Gasteiger partial charge < -0.3 is 14.6 Å². The summed E-state index contributed by atoms with van der Waals surface area (Å²) in [6.07, 6.45) is 1.85. The highest BCUT2D eigenvalue weighted by molar-refractivity contribution is 9.11. The van der Waals surface area contributed by atoms with Gasteiger partial charge in [0.2, 0.25) is 5.91 Å². The highest BCUT2D eigenvalue weighted by Crippen LogP contribution is 2.41. The third-order valence-corrected chi connectivity index (χ3v) is 7.52. The largest absolute Gasteiger partial charge is 0.506 e. The quantitative estimate of drug-likeness (QED) is 0.303. The summed E-state index contributed by atoms with van der Waals surface area (Å²) in [5, 5.41) is 11.8. The lowest BCUT2D eigenvalue weighted by Crippen LogP contribution is -2.14. The number of ether oxygens (including phenoxy) is 2. The van der Waals surface area contributed by atoms with Gasteiger partial charge in [-0.05, 0) is 80.3 Å². The van der Waals surface area contributed by atoms with Crippen molar-refractivity contribution in [3.05, 3.63) is 76.7 Å². The predicted octanol–water partition coefficient (Wildman–Crippen LogP) is 7.90.